The van der Waals surface area contributed by atoms with Crippen LogP contribution in [-0.4, -0.2) is 26.1 Å². The minimum absolute atomic E-state index is 0.0428. The highest BCUT2D eigenvalue weighted by atomic mass is 16.1. The van der Waals surface area contributed by atoms with Crippen LogP contribution >= 0.6 is 0 Å². The number of benzene rings is 2. The zero-order valence-corrected chi connectivity index (χ0v) is 15.8. The predicted octanol–water partition coefficient (Wildman–Crippen LogP) is 3.51. The highest BCUT2D eigenvalue weighted by Crippen LogP contribution is 2.41. The number of carbonyl (C=O) groups excluding carboxylic acids is 1. The predicted molar refractivity (Wildman–Crippen MR) is 103 cm³/mol. The summed E-state index contributed by atoms with van der Waals surface area (Å²) in [5.41, 5.74) is 5.14. The largest absolute Gasteiger partial charge is 0.345 e. The Morgan fingerprint density at radius 1 is 1.22 bits per heavy atom. The quantitative estimate of drug-likeness (QED) is 0.775. The van der Waals surface area contributed by atoms with Gasteiger partial charge in [-0.05, 0) is 70.5 Å². The molecule has 3 aromatic rings. The molecule has 2 aromatic carbocycles. The van der Waals surface area contributed by atoms with E-state index in [1.54, 1.807) is 11.0 Å². The fourth-order valence-corrected chi connectivity index (χ4v) is 3.93. The fraction of sp³-hybridized carbons (Fsp3) is 0.333. The lowest BCUT2D eigenvalue weighted by atomic mass is 9.71. The van der Waals surface area contributed by atoms with Gasteiger partial charge in [-0.1, -0.05) is 38.1 Å². The maximum absolute atomic E-state index is 12.9. The molecule has 0 spiro atoms. The summed E-state index contributed by atoms with van der Waals surface area (Å²) in [6.45, 7) is 6.49. The van der Waals surface area contributed by atoms with Crippen LogP contribution in [0, 0.1) is 6.92 Å². The average Bonchev–Trinajstić information content (AvgIpc) is 3.18. The van der Waals surface area contributed by atoms with Gasteiger partial charge >= 0.3 is 0 Å². The summed E-state index contributed by atoms with van der Waals surface area (Å²) < 4.78 is 1.59. The van der Waals surface area contributed by atoms with E-state index in [0.717, 1.165) is 24.1 Å². The van der Waals surface area contributed by atoms with Crippen molar-refractivity contribution in [2.24, 2.45) is 0 Å². The average molecular weight is 361 g/mol. The van der Waals surface area contributed by atoms with Crippen LogP contribution in [0.25, 0.3) is 5.69 Å². The minimum Gasteiger partial charge on any atom is -0.345 e. The molecule has 0 radical (unpaired) electrons. The maximum Gasteiger partial charge on any atom is 0.251 e. The van der Waals surface area contributed by atoms with Crippen molar-refractivity contribution in [2.75, 3.05) is 0 Å². The summed E-state index contributed by atoms with van der Waals surface area (Å²) >= 11 is 0. The molecule has 1 unspecified atom stereocenters. The molecule has 0 bridgehead atoms. The third-order valence-corrected chi connectivity index (χ3v) is 5.48. The number of rotatable bonds is 3. The first-order valence-corrected chi connectivity index (χ1v) is 9.20. The normalized spacial score (nSPS) is 18.0. The van der Waals surface area contributed by atoms with Crippen LogP contribution in [0.3, 0.4) is 0 Å². The van der Waals surface area contributed by atoms with Crippen LogP contribution in [0.2, 0.25) is 0 Å². The van der Waals surface area contributed by atoms with Gasteiger partial charge in [-0.25, -0.2) is 4.68 Å². The summed E-state index contributed by atoms with van der Waals surface area (Å²) in [5, 5.41) is 14.5. The van der Waals surface area contributed by atoms with Crippen molar-refractivity contribution in [1.29, 1.82) is 0 Å². The highest BCUT2D eigenvalue weighted by Gasteiger charge is 2.33. The van der Waals surface area contributed by atoms with E-state index in [1.807, 2.05) is 31.2 Å². The number of aryl methyl sites for hydroxylation is 1. The molecule has 6 heteroatoms. The topological polar surface area (TPSA) is 72.7 Å². The Balaban J connectivity index is 1.57. The van der Waals surface area contributed by atoms with E-state index in [2.05, 4.69) is 52.9 Å². The highest BCUT2D eigenvalue weighted by molar-refractivity contribution is 5.95. The van der Waals surface area contributed by atoms with E-state index in [9.17, 15) is 4.79 Å². The van der Waals surface area contributed by atoms with Gasteiger partial charge in [0.05, 0.1) is 11.7 Å². The molecule has 1 aliphatic rings. The number of nitrogens with zero attached hydrogens (tertiary/aromatic N) is 4. The fourth-order valence-electron chi connectivity index (χ4n) is 3.93. The van der Waals surface area contributed by atoms with Gasteiger partial charge in [-0.3, -0.25) is 4.79 Å². The molecule has 1 atom stereocenters. The van der Waals surface area contributed by atoms with Crippen LogP contribution in [0.1, 0.15) is 59.8 Å². The Bertz CT molecular complexity index is 978. The molecule has 0 aliphatic heterocycles. The second-order valence-electron chi connectivity index (χ2n) is 7.79. The van der Waals surface area contributed by atoms with Gasteiger partial charge in [-0.15, -0.1) is 5.10 Å². The van der Waals surface area contributed by atoms with Crippen LogP contribution in [0.15, 0.2) is 48.8 Å². The first-order chi connectivity index (χ1) is 13.0. The number of hydrogen-bond acceptors (Lipinski definition) is 4. The third kappa shape index (κ3) is 3.23. The van der Waals surface area contributed by atoms with E-state index >= 15 is 0 Å². The number of aromatic nitrogens is 4. The molecule has 1 amide bonds. The second kappa shape index (κ2) is 6.61. The minimum atomic E-state index is -0.0547. The van der Waals surface area contributed by atoms with Crippen molar-refractivity contribution in [2.45, 2.75) is 45.1 Å². The Labute approximate surface area is 158 Å². The standard InChI is InChI=1S/C21H23N5O/c1-14-12-15(8-9-19(14)26-13-22-24-25-26)20(27)23-18-10-11-21(2,3)17-7-5-4-6-16(17)18/h4-9,12-13,18H,10-11H2,1-3H3,(H,23,27). The van der Waals surface area contributed by atoms with Gasteiger partial charge in [0, 0.05) is 5.56 Å². The zero-order valence-electron chi connectivity index (χ0n) is 15.8. The van der Waals surface area contributed by atoms with Crippen molar-refractivity contribution < 1.29 is 4.79 Å². The Morgan fingerprint density at radius 2 is 2.04 bits per heavy atom. The van der Waals surface area contributed by atoms with Gasteiger partial charge in [0.25, 0.3) is 5.91 Å². The smallest absolute Gasteiger partial charge is 0.251 e. The third-order valence-electron chi connectivity index (χ3n) is 5.48. The summed E-state index contributed by atoms with van der Waals surface area (Å²) in [6, 6.07) is 14.0. The Kier molecular flexibility index (Phi) is 4.26. The van der Waals surface area contributed by atoms with E-state index in [-0.39, 0.29) is 17.4 Å². The molecule has 1 aromatic heterocycles. The number of fused-ring (bicyclic) bond motifs is 1. The lowest BCUT2D eigenvalue weighted by Gasteiger charge is -2.37. The number of tetrazole rings is 1. The van der Waals surface area contributed by atoms with Crippen molar-refractivity contribution in [1.82, 2.24) is 25.5 Å². The number of hydrogen-bond donors (Lipinski definition) is 1. The van der Waals surface area contributed by atoms with Crippen LogP contribution < -0.4 is 5.32 Å². The molecule has 0 saturated heterocycles. The van der Waals surface area contributed by atoms with Gasteiger partial charge < -0.3 is 5.32 Å². The van der Waals surface area contributed by atoms with E-state index in [4.69, 9.17) is 0 Å². The second-order valence-corrected chi connectivity index (χ2v) is 7.79. The molecule has 1 N–H and O–H groups in total. The van der Waals surface area contributed by atoms with Crippen LogP contribution in [0.4, 0.5) is 0 Å². The van der Waals surface area contributed by atoms with Gasteiger partial charge in [-0.2, -0.15) is 0 Å². The zero-order chi connectivity index (χ0) is 19.0. The van der Waals surface area contributed by atoms with Gasteiger partial charge in [0.1, 0.15) is 6.33 Å². The molecule has 138 valence electrons. The summed E-state index contributed by atoms with van der Waals surface area (Å²) in [7, 11) is 0. The number of carbonyl (C=O) groups is 1. The van der Waals surface area contributed by atoms with Crippen LogP contribution in [0.5, 0.6) is 0 Å². The van der Waals surface area contributed by atoms with E-state index < -0.39 is 0 Å². The Morgan fingerprint density at radius 3 is 2.78 bits per heavy atom. The monoisotopic (exact) mass is 361 g/mol. The van der Waals surface area contributed by atoms with Gasteiger partial charge in [0.15, 0.2) is 0 Å². The van der Waals surface area contributed by atoms with Crippen molar-refractivity contribution in [3.8, 4) is 5.69 Å². The molecular formula is C21H23N5O. The molecule has 1 aliphatic carbocycles. The van der Waals surface area contributed by atoms with E-state index in [0.29, 0.717) is 5.56 Å². The molecule has 1 heterocycles. The summed E-state index contributed by atoms with van der Waals surface area (Å²) in [5.74, 6) is -0.0547. The molecule has 4 rings (SSSR count). The Hall–Kier alpha value is -3.02. The first kappa shape index (κ1) is 17.4. The summed E-state index contributed by atoms with van der Waals surface area (Å²) in [4.78, 5) is 12.9. The first-order valence-electron chi connectivity index (χ1n) is 9.20. The maximum atomic E-state index is 12.9. The lowest BCUT2D eigenvalue weighted by molar-refractivity contribution is 0.0929. The molecule has 27 heavy (non-hydrogen) atoms. The number of amides is 1. The SMILES string of the molecule is Cc1cc(C(=O)NC2CCC(C)(C)c3ccccc32)ccc1-n1cnnn1. The van der Waals surface area contributed by atoms with Crippen molar-refractivity contribution in [3.63, 3.8) is 0 Å². The molecular weight excluding hydrogens is 338 g/mol. The van der Waals surface area contributed by atoms with Crippen LogP contribution in [-0.2, 0) is 5.41 Å². The van der Waals surface area contributed by atoms with Gasteiger partial charge in [0.2, 0.25) is 0 Å². The van der Waals surface area contributed by atoms with Crippen molar-refractivity contribution >= 4 is 5.91 Å². The number of nitrogens with one attached hydrogen (secondary N) is 1. The molecule has 0 fully saturated rings. The molecule has 6 nitrogen and oxygen atoms in total. The lowest BCUT2D eigenvalue weighted by Crippen LogP contribution is -2.35. The molecule has 0 saturated carbocycles. The van der Waals surface area contributed by atoms with Crippen molar-refractivity contribution in [3.05, 3.63) is 71.0 Å². The summed E-state index contributed by atoms with van der Waals surface area (Å²) in [6.07, 6.45) is 3.53. The van der Waals surface area contributed by atoms with E-state index in [1.165, 1.54) is 11.1 Å².